The van der Waals surface area contributed by atoms with Crippen LogP contribution in [0, 0.1) is 6.92 Å². The van der Waals surface area contributed by atoms with Crippen molar-refractivity contribution in [2.75, 3.05) is 5.73 Å². The van der Waals surface area contributed by atoms with E-state index in [-0.39, 0.29) is 4.90 Å². The summed E-state index contributed by atoms with van der Waals surface area (Å²) in [6, 6.07) is 3.85. The SMILES string of the molecule is Cc1cnc(C(C)NS(=O)(=O)c2ccc(N)c(Br)c2)o1. The number of aryl methyl sites for hydroxylation is 1. The first-order valence-corrected chi connectivity index (χ1v) is 8.07. The van der Waals surface area contributed by atoms with Crippen molar-refractivity contribution < 1.29 is 12.8 Å². The highest BCUT2D eigenvalue weighted by Gasteiger charge is 2.21. The lowest BCUT2D eigenvalue weighted by Crippen LogP contribution is -2.27. The molecule has 0 aliphatic carbocycles. The molecule has 0 aliphatic rings. The lowest BCUT2D eigenvalue weighted by Gasteiger charge is -2.12. The lowest BCUT2D eigenvalue weighted by molar-refractivity contribution is 0.428. The average molecular weight is 360 g/mol. The number of nitrogens with one attached hydrogen (secondary N) is 1. The van der Waals surface area contributed by atoms with E-state index in [1.54, 1.807) is 20.0 Å². The second kappa shape index (κ2) is 5.55. The molecule has 3 N–H and O–H groups in total. The number of anilines is 1. The Morgan fingerprint density at radius 2 is 2.15 bits per heavy atom. The zero-order valence-electron chi connectivity index (χ0n) is 10.9. The quantitative estimate of drug-likeness (QED) is 0.816. The van der Waals surface area contributed by atoms with Gasteiger partial charge in [-0.05, 0) is 48.0 Å². The molecule has 20 heavy (non-hydrogen) atoms. The van der Waals surface area contributed by atoms with Crippen molar-refractivity contribution >= 4 is 31.6 Å². The molecule has 1 heterocycles. The molecular formula is C12H14BrN3O3S. The van der Waals surface area contributed by atoms with E-state index in [4.69, 9.17) is 10.2 Å². The molecule has 108 valence electrons. The largest absolute Gasteiger partial charge is 0.444 e. The van der Waals surface area contributed by atoms with Gasteiger partial charge in [0.15, 0.2) is 0 Å². The number of hydrogen-bond donors (Lipinski definition) is 2. The summed E-state index contributed by atoms with van der Waals surface area (Å²) in [5, 5.41) is 0. The zero-order valence-corrected chi connectivity index (χ0v) is 13.3. The fourth-order valence-electron chi connectivity index (χ4n) is 1.60. The van der Waals surface area contributed by atoms with Crippen LogP contribution in [0.4, 0.5) is 5.69 Å². The summed E-state index contributed by atoms with van der Waals surface area (Å²) in [4.78, 5) is 4.12. The van der Waals surface area contributed by atoms with E-state index in [1.807, 2.05) is 0 Å². The van der Waals surface area contributed by atoms with Crippen LogP contribution in [0.1, 0.15) is 24.6 Å². The molecule has 1 atom stereocenters. The normalized spacial score (nSPS) is 13.3. The molecule has 0 saturated carbocycles. The minimum atomic E-state index is -3.67. The summed E-state index contributed by atoms with van der Waals surface area (Å²) >= 11 is 3.20. The van der Waals surface area contributed by atoms with Gasteiger partial charge in [0.1, 0.15) is 5.76 Å². The van der Waals surface area contributed by atoms with Gasteiger partial charge in [-0.3, -0.25) is 0 Å². The predicted octanol–water partition coefficient (Wildman–Crippen LogP) is 2.37. The van der Waals surface area contributed by atoms with E-state index in [9.17, 15) is 8.42 Å². The summed E-state index contributed by atoms with van der Waals surface area (Å²) in [6.07, 6.45) is 1.54. The van der Waals surface area contributed by atoms with E-state index >= 15 is 0 Å². The van der Waals surface area contributed by atoms with Gasteiger partial charge in [0.05, 0.1) is 17.1 Å². The molecule has 0 spiro atoms. The van der Waals surface area contributed by atoms with Gasteiger partial charge in [-0.25, -0.2) is 13.4 Å². The number of sulfonamides is 1. The Morgan fingerprint density at radius 1 is 1.45 bits per heavy atom. The number of nitrogens with zero attached hydrogens (tertiary/aromatic N) is 1. The standard InChI is InChI=1S/C12H14BrN3O3S/c1-7-6-15-12(19-7)8(2)16-20(17,18)9-3-4-11(14)10(13)5-9/h3-6,8,16H,14H2,1-2H3. The highest BCUT2D eigenvalue weighted by atomic mass is 79.9. The first-order valence-electron chi connectivity index (χ1n) is 5.79. The van der Waals surface area contributed by atoms with Crippen LogP contribution in [0.25, 0.3) is 0 Å². The monoisotopic (exact) mass is 359 g/mol. The van der Waals surface area contributed by atoms with Crippen LogP contribution in [0.5, 0.6) is 0 Å². The van der Waals surface area contributed by atoms with Crippen molar-refractivity contribution in [2.45, 2.75) is 24.8 Å². The van der Waals surface area contributed by atoms with Crippen molar-refractivity contribution in [3.63, 3.8) is 0 Å². The molecule has 0 amide bonds. The molecule has 0 bridgehead atoms. The fourth-order valence-corrected chi connectivity index (χ4v) is 3.35. The van der Waals surface area contributed by atoms with E-state index in [2.05, 4.69) is 25.6 Å². The molecule has 1 aromatic carbocycles. The summed E-state index contributed by atoms with van der Waals surface area (Å²) in [5.41, 5.74) is 6.11. The molecular weight excluding hydrogens is 346 g/mol. The van der Waals surface area contributed by atoms with Gasteiger partial charge >= 0.3 is 0 Å². The van der Waals surface area contributed by atoms with Crippen molar-refractivity contribution in [2.24, 2.45) is 0 Å². The third-order valence-corrected chi connectivity index (χ3v) is 4.85. The van der Waals surface area contributed by atoms with Crippen molar-refractivity contribution in [1.29, 1.82) is 0 Å². The molecule has 2 rings (SSSR count). The second-order valence-electron chi connectivity index (χ2n) is 4.34. The number of aromatic nitrogens is 1. The fraction of sp³-hybridized carbons (Fsp3) is 0.250. The minimum absolute atomic E-state index is 0.119. The van der Waals surface area contributed by atoms with Crippen molar-refractivity contribution in [1.82, 2.24) is 9.71 Å². The highest BCUT2D eigenvalue weighted by molar-refractivity contribution is 9.10. The Hall–Kier alpha value is -1.38. The first kappa shape index (κ1) is 15.0. The van der Waals surface area contributed by atoms with Gasteiger partial charge < -0.3 is 10.2 Å². The Bertz CT molecular complexity index is 727. The Morgan fingerprint density at radius 3 is 2.70 bits per heavy atom. The number of hydrogen-bond acceptors (Lipinski definition) is 5. The van der Waals surface area contributed by atoms with Gasteiger partial charge in [-0.15, -0.1) is 0 Å². The topological polar surface area (TPSA) is 98.2 Å². The lowest BCUT2D eigenvalue weighted by atomic mass is 10.3. The van der Waals surface area contributed by atoms with E-state index in [1.165, 1.54) is 18.2 Å². The zero-order chi connectivity index (χ0) is 14.9. The summed E-state index contributed by atoms with van der Waals surface area (Å²) in [6.45, 7) is 3.41. The van der Waals surface area contributed by atoms with Crippen LogP contribution in [-0.4, -0.2) is 13.4 Å². The second-order valence-corrected chi connectivity index (χ2v) is 6.90. The molecule has 0 fully saturated rings. The predicted molar refractivity (Wildman–Crippen MR) is 78.5 cm³/mol. The van der Waals surface area contributed by atoms with Crippen LogP contribution in [0.3, 0.4) is 0 Å². The molecule has 6 nitrogen and oxygen atoms in total. The highest BCUT2D eigenvalue weighted by Crippen LogP contribution is 2.24. The third-order valence-electron chi connectivity index (χ3n) is 2.62. The third kappa shape index (κ3) is 3.20. The van der Waals surface area contributed by atoms with E-state index in [0.717, 1.165) is 0 Å². The first-order chi connectivity index (χ1) is 9.29. The number of benzene rings is 1. The summed E-state index contributed by atoms with van der Waals surface area (Å²) < 4.78 is 32.8. The van der Waals surface area contributed by atoms with Crippen molar-refractivity contribution in [3.8, 4) is 0 Å². The van der Waals surface area contributed by atoms with Gasteiger partial charge in [0.2, 0.25) is 15.9 Å². The maximum absolute atomic E-state index is 12.2. The number of nitrogens with two attached hydrogens (primary N) is 1. The summed E-state index contributed by atoms with van der Waals surface area (Å²) in [7, 11) is -3.67. The van der Waals surface area contributed by atoms with Crippen LogP contribution >= 0.6 is 15.9 Å². The maximum Gasteiger partial charge on any atom is 0.241 e. The smallest absolute Gasteiger partial charge is 0.241 e. The maximum atomic E-state index is 12.2. The molecule has 1 unspecified atom stereocenters. The molecule has 1 aromatic heterocycles. The van der Waals surface area contributed by atoms with Crippen LogP contribution in [0.2, 0.25) is 0 Å². The molecule has 0 radical (unpaired) electrons. The number of oxazole rings is 1. The molecule has 2 aromatic rings. The molecule has 0 aliphatic heterocycles. The van der Waals surface area contributed by atoms with Crippen LogP contribution < -0.4 is 10.5 Å². The van der Waals surface area contributed by atoms with Gasteiger partial charge in [-0.2, -0.15) is 4.72 Å². The number of halogens is 1. The number of rotatable bonds is 4. The minimum Gasteiger partial charge on any atom is -0.444 e. The van der Waals surface area contributed by atoms with Crippen LogP contribution in [0.15, 0.2) is 38.2 Å². The molecule has 0 saturated heterocycles. The van der Waals surface area contributed by atoms with Crippen LogP contribution in [-0.2, 0) is 10.0 Å². The van der Waals surface area contributed by atoms with Gasteiger partial charge in [0, 0.05) is 10.2 Å². The van der Waals surface area contributed by atoms with E-state index in [0.29, 0.717) is 21.8 Å². The Kier molecular flexibility index (Phi) is 4.17. The Labute approximate surface area is 125 Å². The average Bonchev–Trinajstić information content (AvgIpc) is 2.79. The van der Waals surface area contributed by atoms with E-state index < -0.39 is 16.1 Å². The Balaban J connectivity index is 2.24. The summed E-state index contributed by atoms with van der Waals surface area (Å²) in [5.74, 6) is 0.946. The van der Waals surface area contributed by atoms with Gasteiger partial charge in [-0.1, -0.05) is 0 Å². The van der Waals surface area contributed by atoms with Gasteiger partial charge in [0.25, 0.3) is 0 Å². The molecule has 8 heteroatoms. The van der Waals surface area contributed by atoms with Crippen molar-refractivity contribution in [3.05, 3.63) is 40.5 Å². The number of nitrogen functional groups attached to an aromatic ring is 1.